The minimum atomic E-state index is -4.62. The van der Waals surface area contributed by atoms with E-state index in [9.17, 15) is 26.4 Å². The van der Waals surface area contributed by atoms with E-state index in [1.165, 1.54) is 0 Å². The summed E-state index contributed by atoms with van der Waals surface area (Å²) in [4.78, 5) is 11.3. The molecular weight excluding hydrogens is 357 g/mol. The smallest absolute Gasteiger partial charge is 0.353 e. The molecular formula is C16H21F3N2O3S. The first-order chi connectivity index (χ1) is 11.7. The van der Waals surface area contributed by atoms with E-state index in [1.54, 1.807) is 0 Å². The van der Waals surface area contributed by atoms with Crippen molar-refractivity contribution < 1.29 is 26.4 Å². The summed E-state index contributed by atoms with van der Waals surface area (Å²) < 4.78 is 64.3. The maximum absolute atomic E-state index is 12.7. The molecule has 25 heavy (non-hydrogen) atoms. The molecule has 5 nitrogen and oxygen atoms in total. The van der Waals surface area contributed by atoms with Crippen LogP contribution in [0.1, 0.15) is 44.1 Å². The van der Waals surface area contributed by atoms with Crippen LogP contribution >= 0.6 is 0 Å². The lowest BCUT2D eigenvalue weighted by atomic mass is 9.95. The molecule has 0 bridgehead atoms. The highest BCUT2D eigenvalue weighted by molar-refractivity contribution is 7.89. The van der Waals surface area contributed by atoms with E-state index in [0.717, 1.165) is 50.3 Å². The molecule has 0 saturated heterocycles. The summed E-state index contributed by atoms with van der Waals surface area (Å²) in [5.74, 6) is -0.265. The van der Waals surface area contributed by atoms with Crippen LogP contribution in [0.25, 0.3) is 0 Å². The number of hydrogen-bond acceptors (Lipinski definition) is 3. The number of amides is 1. The number of halogens is 3. The van der Waals surface area contributed by atoms with Crippen LogP contribution in [-0.2, 0) is 21.0 Å². The number of hydrogen-bond donors (Lipinski definition) is 2. The first kappa shape index (κ1) is 19.7. The van der Waals surface area contributed by atoms with Gasteiger partial charge in [-0.2, -0.15) is 13.2 Å². The van der Waals surface area contributed by atoms with Crippen LogP contribution < -0.4 is 10.0 Å². The normalized spacial score (nSPS) is 16.6. The lowest BCUT2D eigenvalue weighted by Gasteiger charge is -2.22. The fourth-order valence-corrected chi connectivity index (χ4v) is 3.85. The Labute approximate surface area is 145 Å². The Morgan fingerprint density at radius 2 is 1.84 bits per heavy atom. The summed E-state index contributed by atoms with van der Waals surface area (Å²) >= 11 is 0. The van der Waals surface area contributed by atoms with Gasteiger partial charge in [0.1, 0.15) is 0 Å². The molecule has 9 heteroatoms. The summed E-state index contributed by atoms with van der Waals surface area (Å²) in [6.45, 7) is -0.170. The lowest BCUT2D eigenvalue weighted by Crippen LogP contribution is -2.38. The summed E-state index contributed by atoms with van der Waals surface area (Å²) in [6.07, 6.45) is 0.437. The number of benzene rings is 1. The van der Waals surface area contributed by atoms with Crippen LogP contribution in [-0.4, -0.2) is 26.9 Å². The molecule has 1 saturated carbocycles. The number of carbonyl (C=O) groups is 1. The Hall–Kier alpha value is -1.61. The molecule has 2 rings (SSSR count). The summed E-state index contributed by atoms with van der Waals surface area (Å²) in [5, 5.41) is 2.85. The van der Waals surface area contributed by atoms with E-state index >= 15 is 0 Å². The average Bonchev–Trinajstić information content (AvgIpc) is 2.55. The monoisotopic (exact) mass is 378 g/mol. The Kier molecular flexibility index (Phi) is 6.45. The minimum Gasteiger partial charge on any atom is -0.353 e. The van der Waals surface area contributed by atoms with Crippen molar-refractivity contribution in [1.29, 1.82) is 0 Å². The molecule has 0 aromatic heterocycles. The molecule has 1 aromatic carbocycles. The van der Waals surface area contributed by atoms with E-state index < -0.39 is 26.7 Å². The highest BCUT2D eigenvalue weighted by Gasteiger charge is 2.31. The van der Waals surface area contributed by atoms with Gasteiger partial charge in [-0.1, -0.05) is 25.3 Å². The van der Waals surface area contributed by atoms with Gasteiger partial charge in [-0.05, 0) is 31.0 Å². The third kappa shape index (κ3) is 6.00. The zero-order valence-corrected chi connectivity index (χ0v) is 14.4. The Morgan fingerprint density at radius 3 is 2.48 bits per heavy atom. The van der Waals surface area contributed by atoms with Crippen LogP contribution in [0, 0.1) is 0 Å². The molecule has 2 N–H and O–H groups in total. The highest BCUT2D eigenvalue weighted by atomic mass is 32.2. The first-order valence-electron chi connectivity index (χ1n) is 8.15. The van der Waals surface area contributed by atoms with Gasteiger partial charge < -0.3 is 5.32 Å². The molecule has 1 fully saturated rings. The second-order valence-electron chi connectivity index (χ2n) is 6.08. The van der Waals surface area contributed by atoms with Crippen LogP contribution in [0.4, 0.5) is 13.2 Å². The Balaban J connectivity index is 1.88. The molecule has 1 aromatic rings. The topological polar surface area (TPSA) is 75.3 Å². The van der Waals surface area contributed by atoms with Crippen LogP contribution in [0.2, 0.25) is 0 Å². The molecule has 0 atom stereocenters. The molecule has 0 unspecified atom stereocenters. The SMILES string of the molecule is O=C(CCNS(=O)(=O)c1cccc(C(F)(F)F)c1)NC1CCCCC1. The fourth-order valence-electron chi connectivity index (χ4n) is 2.77. The van der Waals surface area contributed by atoms with Crippen LogP contribution in [0.3, 0.4) is 0 Å². The van der Waals surface area contributed by atoms with E-state index in [-0.39, 0.29) is 24.9 Å². The van der Waals surface area contributed by atoms with Gasteiger partial charge in [-0.25, -0.2) is 13.1 Å². The highest BCUT2D eigenvalue weighted by Crippen LogP contribution is 2.30. The molecule has 0 aliphatic heterocycles. The second-order valence-corrected chi connectivity index (χ2v) is 7.84. The number of alkyl halides is 3. The molecule has 1 amide bonds. The van der Waals surface area contributed by atoms with Gasteiger partial charge >= 0.3 is 6.18 Å². The lowest BCUT2D eigenvalue weighted by molar-refractivity contribution is -0.137. The first-order valence-corrected chi connectivity index (χ1v) is 9.63. The standard InChI is InChI=1S/C16H21F3N2O3S/c17-16(18,19)12-5-4-8-14(11-12)25(23,24)20-10-9-15(22)21-13-6-2-1-3-7-13/h4-5,8,11,13,20H,1-3,6-7,9-10H2,(H,21,22). The van der Waals surface area contributed by atoms with Gasteiger partial charge in [-0.3, -0.25) is 4.79 Å². The van der Waals surface area contributed by atoms with Crippen molar-refractivity contribution in [2.75, 3.05) is 6.54 Å². The van der Waals surface area contributed by atoms with Gasteiger partial charge in [-0.15, -0.1) is 0 Å². The van der Waals surface area contributed by atoms with Gasteiger partial charge in [0.15, 0.2) is 0 Å². The summed E-state index contributed by atoms with van der Waals surface area (Å²) in [7, 11) is -4.10. The Morgan fingerprint density at radius 1 is 1.16 bits per heavy atom. The quantitative estimate of drug-likeness (QED) is 0.799. The molecule has 1 aliphatic carbocycles. The third-order valence-corrected chi connectivity index (χ3v) is 5.54. The molecule has 0 radical (unpaired) electrons. The fraction of sp³-hybridized carbons (Fsp3) is 0.562. The van der Waals surface area contributed by atoms with Crippen molar-refractivity contribution >= 4 is 15.9 Å². The van der Waals surface area contributed by atoms with Gasteiger partial charge in [0.05, 0.1) is 10.5 Å². The van der Waals surface area contributed by atoms with Crippen LogP contribution in [0.5, 0.6) is 0 Å². The van der Waals surface area contributed by atoms with Crippen molar-refractivity contribution in [2.45, 2.75) is 55.6 Å². The van der Waals surface area contributed by atoms with Crippen molar-refractivity contribution in [3.05, 3.63) is 29.8 Å². The van der Waals surface area contributed by atoms with Gasteiger partial charge in [0.25, 0.3) is 0 Å². The summed E-state index contributed by atoms with van der Waals surface area (Å²) in [6, 6.07) is 3.62. The van der Waals surface area contributed by atoms with Crippen molar-refractivity contribution in [3.8, 4) is 0 Å². The van der Waals surface area contributed by atoms with E-state index in [2.05, 4.69) is 10.0 Å². The van der Waals surface area contributed by atoms with Crippen molar-refractivity contribution in [1.82, 2.24) is 10.0 Å². The largest absolute Gasteiger partial charge is 0.416 e. The number of sulfonamides is 1. The zero-order chi connectivity index (χ0) is 18.5. The van der Waals surface area contributed by atoms with Crippen molar-refractivity contribution in [2.24, 2.45) is 0 Å². The molecule has 0 heterocycles. The molecule has 1 aliphatic rings. The van der Waals surface area contributed by atoms with Gasteiger partial charge in [0.2, 0.25) is 15.9 Å². The number of nitrogens with one attached hydrogen (secondary N) is 2. The number of rotatable bonds is 6. The maximum Gasteiger partial charge on any atom is 0.416 e. The summed E-state index contributed by atoms with van der Waals surface area (Å²) in [5.41, 5.74) is -1.04. The minimum absolute atomic E-state index is 0.0608. The van der Waals surface area contributed by atoms with E-state index in [1.807, 2.05) is 0 Å². The molecule has 140 valence electrons. The predicted molar refractivity (Wildman–Crippen MR) is 86.3 cm³/mol. The molecule has 0 spiro atoms. The van der Waals surface area contributed by atoms with Crippen LogP contribution in [0.15, 0.2) is 29.2 Å². The Bertz CT molecular complexity index is 699. The number of carbonyl (C=O) groups excluding carboxylic acids is 1. The van der Waals surface area contributed by atoms with Gasteiger partial charge in [0, 0.05) is 19.0 Å². The third-order valence-electron chi connectivity index (χ3n) is 4.09. The van der Waals surface area contributed by atoms with E-state index in [0.29, 0.717) is 6.07 Å². The average molecular weight is 378 g/mol. The zero-order valence-electron chi connectivity index (χ0n) is 13.6. The van der Waals surface area contributed by atoms with Crippen molar-refractivity contribution in [3.63, 3.8) is 0 Å². The maximum atomic E-state index is 12.7. The van der Waals surface area contributed by atoms with E-state index in [4.69, 9.17) is 0 Å². The second kappa shape index (κ2) is 8.18. The predicted octanol–water partition coefficient (Wildman–Crippen LogP) is 2.82.